The van der Waals surface area contributed by atoms with Crippen molar-refractivity contribution in [3.05, 3.63) is 34.5 Å². The van der Waals surface area contributed by atoms with E-state index >= 15 is 0 Å². The van der Waals surface area contributed by atoms with Gasteiger partial charge in [0.15, 0.2) is 5.76 Å². The zero-order valence-corrected chi connectivity index (χ0v) is 12.1. The van der Waals surface area contributed by atoms with Gasteiger partial charge in [-0.3, -0.25) is 4.79 Å². The Kier molecular flexibility index (Phi) is 3.68. The van der Waals surface area contributed by atoms with Gasteiger partial charge in [0.2, 0.25) is 0 Å². The number of furan rings is 1. The van der Waals surface area contributed by atoms with Crippen molar-refractivity contribution < 1.29 is 9.21 Å². The van der Waals surface area contributed by atoms with Crippen LogP contribution in [0.15, 0.2) is 22.6 Å². The molecule has 1 amide bonds. The highest BCUT2D eigenvalue weighted by Gasteiger charge is 2.20. The molecule has 0 aliphatic carbocycles. The molecule has 0 spiro atoms. The number of nitrogens with one attached hydrogen (secondary N) is 2. The molecule has 1 unspecified atom stereocenters. The second-order valence-electron chi connectivity index (χ2n) is 5.20. The molecule has 20 heavy (non-hydrogen) atoms. The van der Waals surface area contributed by atoms with Crippen molar-refractivity contribution in [2.45, 2.75) is 25.8 Å². The second kappa shape index (κ2) is 5.46. The van der Waals surface area contributed by atoms with Gasteiger partial charge in [-0.15, -0.1) is 0 Å². The van der Waals surface area contributed by atoms with E-state index in [0.29, 0.717) is 29.0 Å². The Bertz CT molecular complexity index is 645. The lowest BCUT2D eigenvalue weighted by molar-refractivity contribution is 0.0924. The fourth-order valence-corrected chi connectivity index (χ4v) is 2.81. The lowest BCUT2D eigenvalue weighted by Gasteiger charge is -2.10. The average molecular weight is 293 g/mol. The van der Waals surface area contributed by atoms with E-state index in [4.69, 9.17) is 16.0 Å². The number of fused-ring (bicyclic) bond motifs is 1. The van der Waals surface area contributed by atoms with Gasteiger partial charge < -0.3 is 15.1 Å². The molecule has 1 atom stereocenters. The fourth-order valence-electron chi connectivity index (χ4n) is 2.64. The standard InChI is InChI=1S/C15H17ClN2O2/c1-9-12-7-10(16)4-5-13(12)20-14(9)15(19)18-8-11-3-2-6-17-11/h4-5,7,11,17H,2-3,6,8H2,1H3,(H,18,19). The SMILES string of the molecule is Cc1c(C(=O)NCC2CCCN2)oc2ccc(Cl)cc12. The molecule has 2 heterocycles. The van der Waals surface area contributed by atoms with E-state index < -0.39 is 0 Å². The Morgan fingerprint density at radius 1 is 1.55 bits per heavy atom. The number of benzene rings is 1. The van der Waals surface area contributed by atoms with Crippen LogP contribution in [0, 0.1) is 6.92 Å². The lowest BCUT2D eigenvalue weighted by Crippen LogP contribution is -2.37. The normalized spacial score (nSPS) is 18.6. The lowest BCUT2D eigenvalue weighted by atomic mass is 10.1. The van der Waals surface area contributed by atoms with Crippen molar-refractivity contribution in [1.29, 1.82) is 0 Å². The van der Waals surface area contributed by atoms with E-state index in [-0.39, 0.29) is 5.91 Å². The predicted octanol–water partition coefficient (Wildman–Crippen LogP) is 2.88. The van der Waals surface area contributed by atoms with Crippen LogP contribution in [0.1, 0.15) is 29.0 Å². The zero-order chi connectivity index (χ0) is 14.1. The number of halogens is 1. The highest BCUT2D eigenvalue weighted by molar-refractivity contribution is 6.31. The Morgan fingerprint density at radius 2 is 2.40 bits per heavy atom. The molecule has 5 heteroatoms. The van der Waals surface area contributed by atoms with Gasteiger partial charge in [0, 0.05) is 28.6 Å². The van der Waals surface area contributed by atoms with E-state index in [1.165, 1.54) is 6.42 Å². The van der Waals surface area contributed by atoms with Crippen LogP contribution < -0.4 is 10.6 Å². The number of hydrogen-bond acceptors (Lipinski definition) is 3. The second-order valence-corrected chi connectivity index (χ2v) is 5.64. The van der Waals surface area contributed by atoms with Gasteiger partial charge in [-0.2, -0.15) is 0 Å². The molecule has 2 N–H and O–H groups in total. The molecular formula is C15H17ClN2O2. The minimum absolute atomic E-state index is 0.163. The Balaban J connectivity index is 1.78. The third-order valence-corrected chi connectivity index (χ3v) is 4.01. The third kappa shape index (κ3) is 2.53. The molecule has 3 rings (SSSR count). The summed E-state index contributed by atoms with van der Waals surface area (Å²) in [5, 5.41) is 7.81. The summed E-state index contributed by atoms with van der Waals surface area (Å²) < 4.78 is 5.64. The number of carbonyl (C=O) groups excluding carboxylic acids is 1. The van der Waals surface area contributed by atoms with Gasteiger partial charge in [-0.1, -0.05) is 11.6 Å². The van der Waals surface area contributed by atoms with E-state index in [2.05, 4.69) is 10.6 Å². The van der Waals surface area contributed by atoms with Crippen molar-refractivity contribution in [3.8, 4) is 0 Å². The molecule has 0 saturated carbocycles. The quantitative estimate of drug-likeness (QED) is 0.914. The van der Waals surface area contributed by atoms with Gasteiger partial charge in [0.05, 0.1) is 0 Å². The predicted molar refractivity (Wildman–Crippen MR) is 79.3 cm³/mol. The first-order valence-electron chi connectivity index (χ1n) is 6.85. The molecule has 4 nitrogen and oxygen atoms in total. The first-order chi connectivity index (χ1) is 9.65. The summed E-state index contributed by atoms with van der Waals surface area (Å²) in [5.74, 6) is 0.212. The molecule has 0 bridgehead atoms. The van der Waals surface area contributed by atoms with Crippen LogP contribution >= 0.6 is 11.6 Å². The van der Waals surface area contributed by atoms with Crippen LogP contribution in [0.3, 0.4) is 0 Å². The van der Waals surface area contributed by atoms with E-state index in [1.807, 2.05) is 13.0 Å². The van der Waals surface area contributed by atoms with Crippen LogP contribution in [-0.2, 0) is 0 Å². The molecule has 2 aromatic rings. The number of carbonyl (C=O) groups is 1. The molecule has 1 aliphatic rings. The molecule has 1 aromatic carbocycles. The van der Waals surface area contributed by atoms with Crippen molar-refractivity contribution in [2.24, 2.45) is 0 Å². The van der Waals surface area contributed by atoms with Crippen LogP contribution in [0.25, 0.3) is 11.0 Å². The molecule has 1 aliphatic heterocycles. The minimum Gasteiger partial charge on any atom is -0.451 e. The number of hydrogen-bond donors (Lipinski definition) is 2. The first-order valence-corrected chi connectivity index (χ1v) is 7.23. The van der Waals surface area contributed by atoms with Crippen LogP contribution in [0.5, 0.6) is 0 Å². The van der Waals surface area contributed by atoms with Crippen LogP contribution in [0.2, 0.25) is 5.02 Å². The van der Waals surface area contributed by atoms with E-state index in [9.17, 15) is 4.79 Å². The maximum Gasteiger partial charge on any atom is 0.287 e. The maximum atomic E-state index is 12.2. The van der Waals surface area contributed by atoms with E-state index in [1.54, 1.807) is 12.1 Å². The Labute approximate surface area is 122 Å². The third-order valence-electron chi connectivity index (χ3n) is 3.78. The largest absolute Gasteiger partial charge is 0.451 e. The van der Waals surface area contributed by atoms with Crippen molar-refractivity contribution in [2.75, 3.05) is 13.1 Å². The zero-order valence-electron chi connectivity index (χ0n) is 11.3. The van der Waals surface area contributed by atoms with E-state index in [0.717, 1.165) is 23.9 Å². The highest BCUT2D eigenvalue weighted by Crippen LogP contribution is 2.27. The van der Waals surface area contributed by atoms with Gasteiger partial charge in [-0.05, 0) is 44.5 Å². The minimum atomic E-state index is -0.163. The molecule has 106 valence electrons. The Morgan fingerprint density at radius 3 is 3.15 bits per heavy atom. The van der Waals surface area contributed by atoms with Crippen molar-refractivity contribution in [3.63, 3.8) is 0 Å². The number of aryl methyl sites for hydroxylation is 1. The molecule has 1 saturated heterocycles. The summed E-state index contributed by atoms with van der Waals surface area (Å²) in [7, 11) is 0. The van der Waals surface area contributed by atoms with Crippen LogP contribution in [-0.4, -0.2) is 25.0 Å². The van der Waals surface area contributed by atoms with Gasteiger partial charge >= 0.3 is 0 Å². The topological polar surface area (TPSA) is 54.3 Å². The summed E-state index contributed by atoms with van der Waals surface area (Å²) in [6, 6.07) is 5.75. The van der Waals surface area contributed by atoms with Crippen LogP contribution in [0.4, 0.5) is 0 Å². The van der Waals surface area contributed by atoms with Gasteiger partial charge in [0.1, 0.15) is 5.58 Å². The van der Waals surface area contributed by atoms with Gasteiger partial charge in [0.25, 0.3) is 5.91 Å². The number of rotatable bonds is 3. The van der Waals surface area contributed by atoms with Crippen molar-refractivity contribution >= 4 is 28.5 Å². The summed E-state index contributed by atoms with van der Waals surface area (Å²) in [6.45, 7) is 3.55. The first kappa shape index (κ1) is 13.5. The molecule has 0 radical (unpaired) electrons. The molecule has 1 fully saturated rings. The molecular weight excluding hydrogens is 276 g/mol. The fraction of sp³-hybridized carbons (Fsp3) is 0.400. The van der Waals surface area contributed by atoms with Gasteiger partial charge in [-0.25, -0.2) is 0 Å². The summed E-state index contributed by atoms with van der Waals surface area (Å²) >= 11 is 5.98. The summed E-state index contributed by atoms with van der Waals surface area (Å²) in [4.78, 5) is 12.2. The average Bonchev–Trinajstić information content (AvgIpc) is 3.05. The maximum absolute atomic E-state index is 12.2. The number of amides is 1. The van der Waals surface area contributed by atoms with Crippen molar-refractivity contribution in [1.82, 2.24) is 10.6 Å². The molecule has 1 aromatic heterocycles. The monoisotopic (exact) mass is 292 g/mol. The Hall–Kier alpha value is -1.52. The summed E-state index contributed by atoms with van der Waals surface area (Å²) in [6.07, 6.45) is 2.28. The smallest absolute Gasteiger partial charge is 0.287 e. The summed E-state index contributed by atoms with van der Waals surface area (Å²) in [5.41, 5.74) is 1.52. The highest BCUT2D eigenvalue weighted by atomic mass is 35.5.